The number of nitrogens with zero attached hydrogens (tertiary/aromatic N) is 1. The number of carbonyl (C=O) groups excluding carboxylic acids is 2. The van der Waals surface area contributed by atoms with Crippen molar-refractivity contribution >= 4 is 35.6 Å². The minimum atomic E-state index is -0.560. The molecule has 25 heavy (non-hydrogen) atoms. The van der Waals surface area contributed by atoms with Crippen molar-refractivity contribution in [2.75, 3.05) is 19.7 Å². The normalized spacial score (nSPS) is 25.9. The summed E-state index contributed by atoms with van der Waals surface area (Å²) >= 11 is 11.9. The van der Waals surface area contributed by atoms with Gasteiger partial charge in [0.25, 0.3) is 6.47 Å². The summed E-state index contributed by atoms with van der Waals surface area (Å²) in [6.07, 6.45) is 1.12. The summed E-state index contributed by atoms with van der Waals surface area (Å²) in [4.78, 5) is 24.4. The molecule has 1 aliphatic heterocycles. The third-order valence-corrected chi connectivity index (χ3v) is 5.46. The summed E-state index contributed by atoms with van der Waals surface area (Å²) in [6.45, 7) is 2.14. The van der Waals surface area contributed by atoms with Crippen molar-refractivity contribution < 1.29 is 19.1 Å². The van der Waals surface area contributed by atoms with Gasteiger partial charge in [0.2, 0.25) is 5.91 Å². The van der Waals surface area contributed by atoms with E-state index in [1.807, 2.05) is 6.07 Å². The van der Waals surface area contributed by atoms with Gasteiger partial charge in [0.15, 0.2) is 0 Å². The molecule has 8 heteroatoms. The number of halogens is 2. The summed E-state index contributed by atoms with van der Waals surface area (Å²) in [5.41, 5.74) is 6.43. The molecule has 1 amide bonds. The summed E-state index contributed by atoms with van der Waals surface area (Å²) in [6, 6.07) is 5.39. The maximum atomic E-state index is 12.3. The Morgan fingerprint density at radius 1 is 1.32 bits per heavy atom. The molecule has 2 N–H and O–H groups in total. The highest BCUT2D eigenvalue weighted by Gasteiger charge is 2.48. The molecular weight excluding hydrogens is 367 g/mol. The van der Waals surface area contributed by atoms with Gasteiger partial charge in [-0.15, -0.1) is 0 Å². The van der Waals surface area contributed by atoms with Gasteiger partial charge in [-0.1, -0.05) is 29.3 Å². The third-order valence-electron chi connectivity index (χ3n) is 4.72. The zero-order chi connectivity index (χ0) is 18.0. The van der Waals surface area contributed by atoms with Crippen LogP contribution in [0.3, 0.4) is 0 Å². The molecule has 2 fully saturated rings. The number of amides is 1. The van der Waals surface area contributed by atoms with Crippen molar-refractivity contribution in [1.82, 2.24) is 4.90 Å². The minimum absolute atomic E-state index is 0.0273. The molecule has 1 aromatic rings. The van der Waals surface area contributed by atoms with E-state index in [4.69, 9.17) is 38.4 Å². The lowest BCUT2D eigenvalue weighted by Gasteiger charge is -2.48. The van der Waals surface area contributed by atoms with Gasteiger partial charge in [-0.2, -0.15) is 0 Å². The van der Waals surface area contributed by atoms with Crippen molar-refractivity contribution in [3.8, 4) is 0 Å². The van der Waals surface area contributed by atoms with Crippen LogP contribution in [-0.4, -0.2) is 48.6 Å². The van der Waals surface area contributed by atoms with Gasteiger partial charge in [-0.05, 0) is 30.5 Å². The highest BCUT2D eigenvalue weighted by molar-refractivity contribution is 6.42. The smallest absolute Gasteiger partial charge is 0.293 e. The topological polar surface area (TPSA) is 81.9 Å². The third kappa shape index (κ3) is 4.26. The lowest BCUT2D eigenvalue weighted by molar-refractivity contribution is -0.156. The van der Waals surface area contributed by atoms with E-state index in [0.717, 1.165) is 5.56 Å². The lowest BCUT2D eigenvalue weighted by Crippen LogP contribution is -2.63. The maximum Gasteiger partial charge on any atom is 0.293 e. The van der Waals surface area contributed by atoms with Crippen LogP contribution in [0.15, 0.2) is 18.2 Å². The van der Waals surface area contributed by atoms with E-state index in [-0.39, 0.29) is 24.5 Å². The second-order valence-corrected chi connectivity index (χ2v) is 7.61. The average molecular weight is 387 g/mol. The van der Waals surface area contributed by atoms with E-state index in [1.165, 1.54) is 0 Å². The SMILES string of the molecule is N[C@]1(COC=O)C[C@H](C(=O)N2CC(OCc3ccc(Cl)c(Cl)c3)C2)C1. The molecule has 0 atom stereocenters. The standard InChI is InChI=1S/C17H20Cl2N2O4/c18-14-2-1-11(3-15(14)19)8-25-13-6-21(7-13)16(23)12-4-17(20,5-12)9-24-10-22/h1-3,10,12-13H,4-9,20H2/t12-,17+. The van der Waals surface area contributed by atoms with Crippen LogP contribution in [0.4, 0.5) is 0 Å². The first-order valence-electron chi connectivity index (χ1n) is 8.09. The molecule has 3 rings (SSSR count). The average Bonchev–Trinajstić information content (AvgIpc) is 2.51. The van der Waals surface area contributed by atoms with Crippen LogP contribution in [0, 0.1) is 5.92 Å². The Morgan fingerprint density at radius 3 is 2.68 bits per heavy atom. The summed E-state index contributed by atoms with van der Waals surface area (Å²) in [7, 11) is 0. The van der Waals surface area contributed by atoms with E-state index < -0.39 is 5.54 Å². The first-order valence-corrected chi connectivity index (χ1v) is 8.84. The fraction of sp³-hybridized carbons (Fsp3) is 0.529. The van der Waals surface area contributed by atoms with Gasteiger partial charge in [0.05, 0.1) is 28.3 Å². The number of likely N-dealkylation sites (tertiary alicyclic amines) is 1. The molecule has 0 radical (unpaired) electrons. The fourth-order valence-corrected chi connectivity index (χ4v) is 3.56. The van der Waals surface area contributed by atoms with E-state index in [9.17, 15) is 9.59 Å². The molecule has 1 heterocycles. The summed E-state index contributed by atoms with van der Waals surface area (Å²) in [5.74, 6) is 0.0119. The predicted octanol–water partition coefficient (Wildman–Crippen LogP) is 2.00. The molecule has 0 bridgehead atoms. The Labute approximate surface area is 156 Å². The van der Waals surface area contributed by atoms with E-state index in [2.05, 4.69) is 0 Å². The Hall–Kier alpha value is -1.34. The monoisotopic (exact) mass is 386 g/mol. The summed E-state index contributed by atoms with van der Waals surface area (Å²) in [5, 5.41) is 1.02. The molecule has 1 aliphatic carbocycles. The van der Waals surface area contributed by atoms with Crippen molar-refractivity contribution in [1.29, 1.82) is 0 Å². The molecular formula is C17H20Cl2N2O4. The Kier molecular flexibility index (Phi) is 5.53. The largest absolute Gasteiger partial charge is 0.466 e. The van der Waals surface area contributed by atoms with Gasteiger partial charge < -0.3 is 20.1 Å². The van der Waals surface area contributed by atoms with Crippen molar-refractivity contribution in [2.24, 2.45) is 11.7 Å². The Bertz CT molecular complexity index is 658. The van der Waals surface area contributed by atoms with Crippen LogP contribution >= 0.6 is 23.2 Å². The number of rotatable bonds is 7. The van der Waals surface area contributed by atoms with Crippen LogP contribution < -0.4 is 5.73 Å². The Balaban J connectivity index is 1.37. The predicted molar refractivity (Wildman–Crippen MR) is 93.3 cm³/mol. The minimum Gasteiger partial charge on any atom is -0.466 e. The van der Waals surface area contributed by atoms with Crippen LogP contribution in [0.5, 0.6) is 0 Å². The second-order valence-electron chi connectivity index (χ2n) is 6.80. The zero-order valence-electron chi connectivity index (χ0n) is 13.6. The number of benzene rings is 1. The number of carbonyl (C=O) groups is 2. The summed E-state index contributed by atoms with van der Waals surface area (Å²) < 4.78 is 10.5. The van der Waals surface area contributed by atoms with Gasteiger partial charge in [-0.3, -0.25) is 9.59 Å². The van der Waals surface area contributed by atoms with Gasteiger partial charge in [-0.25, -0.2) is 0 Å². The molecule has 136 valence electrons. The van der Waals surface area contributed by atoms with Crippen molar-refractivity contribution in [3.63, 3.8) is 0 Å². The number of hydrogen-bond acceptors (Lipinski definition) is 5. The first kappa shape index (κ1) is 18.5. The van der Waals surface area contributed by atoms with Crippen molar-refractivity contribution in [2.45, 2.75) is 31.1 Å². The molecule has 1 aromatic carbocycles. The highest BCUT2D eigenvalue weighted by atomic mass is 35.5. The van der Waals surface area contributed by atoms with E-state index in [0.29, 0.717) is 49.1 Å². The number of ether oxygens (including phenoxy) is 2. The van der Waals surface area contributed by atoms with E-state index in [1.54, 1.807) is 17.0 Å². The maximum absolute atomic E-state index is 12.3. The first-order chi connectivity index (χ1) is 11.9. The fourth-order valence-electron chi connectivity index (χ4n) is 3.24. The molecule has 2 aliphatic rings. The molecule has 0 spiro atoms. The highest BCUT2D eigenvalue weighted by Crippen LogP contribution is 2.38. The quantitative estimate of drug-likeness (QED) is 0.724. The zero-order valence-corrected chi connectivity index (χ0v) is 15.1. The molecule has 1 saturated heterocycles. The molecule has 1 saturated carbocycles. The molecule has 6 nitrogen and oxygen atoms in total. The van der Waals surface area contributed by atoms with Gasteiger partial charge in [0, 0.05) is 19.0 Å². The van der Waals surface area contributed by atoms with Crippen LogP contribution in [0.2, 0.25) is 10.0 Å². The van der Waals surface area contributed by atoms with Gasteiger partial charge >= 0.3 is 0 Å². The van der Waals surface area contributed by atoms with Crippen molar-refractivity contribution in [3.05, 3.63) is 33.8 Å². The van der Waals surface area contributed by atoms with Gasteiger partial charge in [0.1, 0.15) is 6.61 Å². The van der Waals surface area contributed by atoms with Crippen LogP contribution in [0.1, 0.15) is 18.4 Å². The number of nitrogens with two attached hydrogens (primary N) is 1. The Morgan fingerprint density at radius 2 is 2.04 bits per heavy atom. The van der Waals surface area contributed by atoms with E-state index >= 15 is 0 Å². The molecule has 0 unspecified atom stereocenters. The van der Waals surface area contributed by atoms with Crippen LogP contribution in [-0.2, 0) is 25.7 Å². The lowest BCUT2D eigenvalue weighted by atomic mass is 9.68. The number of hydrogen-bond donors (Lipinski definition) is 1. The molecule has 0 aromatic heterocycles. The second kappa shape index (κ2) is 7.50. The van der Waals surface area contributed by atoms with Crippen LogP contribution in [0.25, 0.3) is 0 Å².